The minimum Gasteiger partial charge on any atom is -0.403 e. The maximum atomic E-state index is 14.0. The number of likely N-dealkylation sites (tertiary alicyclic amines) is 1. The highest BCUT2D eigenvalue weighted by Gasteiger charge is 2.46. The number of benzene rings is 1. The summed E-state index contributed by atoms with van der Waals surface area (Å²) in [4.78, 5) is 5.55. The molecule has 2 N–H and O–H groups in total. The topological polar surface area (TPSA) is 81.6 Å². The molecule has 0 unspecified atom stereocenters. The van der Waals surface area contributed by atoms with Crippen molar-refractivity contribution in [2.75, 3.05) is 13.1 Å². The van der Waals surface area contributed by atoms with Crippen LogP contribution in [0, 0.1) is 0 Å². The minimum atomic E-state index is -4.92. The lowest BCUT2D eigenvalue weighted by Gasteiger charge is -2.30. The van der Waals surface area contributed by atoms with Gasteiger partial charge in [0, 0.05) is 30.7 Å². The zero-order valence-corrected chi connectivity index (χ0v) is 17.9. The van der Waals surface area contributed by atoms with E-state index in [1.165, 1.54) is 45.8 Å². The Bertz CT molecular complexity index is 1380. The van der Waals surface area contributed by atoms with E-state index in [0.29, 0.717) is 11.8 Å². The number of alkyl halides is 6. The summed E-state index contributed by atoms with van der Waals surface area (Å²) in [7, 11) is 0. The van der Waals surface area contributed by atoms with Crippen LogP contribution in [-0.2, 0) is 0 Å². The minimum absolute atomic E-state index is 0.0398. The smallest absolute Gasteiger partial charge is 0.403 e. The lowest BCUT2D eigenvalue weighted by molar-refractivity contribution is -0.274. The summed E-state index contributed by atoms with van der Waals surface area (Å²) in [6.45, 7) is 0.304. The van der Waals surface area contributed by atoms with Crippen LogP contribution >= 0.6 is 0 Å². The van der Waals surface area contributed by atoms with Gasteiger partial charge < -0.3 is 10.5 Å². The summed E-state index contributed by atoms with van der Waals surface area (Å²) >= 11 is 0. The normalized spacial score (nSPS) is 18.4. The number of aromatic nitrogens is 4. The Morgan fingerprint density at radius 2 is 1.80 bits per heavy atom. The largest absolute Gasteiger partial charge is 0.573 e. The SMILES string of the molecule is N[C@H]1CCN([C@H](c2ccc3nnc(-c4ccc5cccc(OC(F)(F)F)c5n4)n3c2)C(F)(F)F)C1. The third kappa shape index (κ3) is 4.60. The summed E-state index contributed by atoms with van der Waals surface area (Å²) in [5.41, 5.74) is 6.09. The Kier molecular flexibility index (Phi) is 5.55. The molecule has 0 saturated carbocycles. The number of hydrogen-bond donors (Lipinski definition) is 1. The Morgan fingerprint density at radius 3 is 2.49 bits per heavy atom. The maximum absolute atomic E-state index is 14.0. The second kappa shape index (κ2) is 8.34. The fraction of sp³-hybridized carbons (Fsp3) is 0.318. The van der Waals surface area contributed by atoms with Crippen molar-refractivity contribution in [2.45, 2.75) is 31.0 Å². The number of pyridine rings is 2. The van der Waals surface area contributed by atoms with Gasteiger partial charge in [0.15, 0.2) is 17.2 Å². The number of fused-ring (bicyclic) bond motifs is 2. The molecule has 0 radical (unpaired) electrons. The van der Waals surface area contributed by atoms with E-state index in [1.807, 2.05) is 0 Å². The van der Waals surface area contributed by atoms with Crippen molar-refractivity contribution in [1.82, 2.24) is 24.5 Å². The zero-order valence-electron chi connectivity index (χ0n) is 17.9. The van der Waals surface area contributed by atoms with Crippen molar-refractivity contribution in [1.29, 1.82) is 0 Å². The fourth-order valence-corrected chi connectivity index (χ4v) is 4.35. The van der Waals surface area contributed by atoms with E-state index in [-0.39, 0.29) is 47.4 Å². The van der Waals surface area contributed by atoms with E-state index < -0.39 is 24.3 Å². The van der Waals surface area contributed by atoms with Gasteiger partial charge in [-0.15, -0.1) is 23.4 Å². The molecule has 4 aromatic rings. The van der Waals surface area contributed by atoms with Crippen molar-refractivity contribution >= 4 is 16.6 Å². The molecule has 0 spiro atoms. The van der Waals surface area contributed by atoms with Crippen LogP contribution in [0.3, 0.4) is 0 Å². The fourth-order valence-electron chi connectivity index (χ4n) is 4.35. The number of nitrogens with zero attached hydrogens (tertiary/aromatic N) is 5. The van der Waals surface area contributed by atoms with Crippen molar-refractivity contribution in [3.05, 3.63) is 54.2 Å². The second-order valence-corrected chi connectivity index (χ2v) is 8.27. The van der Waals surface area contributed by atoms with Gasteiger partial charge in [0.25, 0.3) is 0 Å². The molecular formula is C22H18F6N6O. The molecule has 7 nitrogen and oxygen atoms in total. The Morgan fingerprint density at radius 1 is 1.00 bits per heavy atom. The standard InChI is InChI=1S/C22H18F6N6O/c23-21(24,25)19(33-9-8-14(29)11-33)13-5-7-17-31-32-20(34(17)10-13)15-6-4-12-2-1-3-16(18(12)30-15)35-22(26,27)28/h1-7,10,14,19H,8-9,11,29H2/t14-,19+/m0/s1. The first-order valence-corrected chi connectivity index (χ1v) is 10.6. The molecule has 5 rings (SSSR count). The van der Waals surface area contributed by atoms with E-state index in [2.05, 4.69) is 19.9 Å². The molecule has 1 fully saturated rings. The van der Waals surface area contributed by atoms with E-state index >= 15 is 0 Å². The lowest BCUT2D eigenvalue weighted by Crippen LogP contribution is -2.38. The summed E-state index contributed by atoms with van der Waals surface area (Å²) in [6, 6.07) is 7.62. The van der Waals surface area contributed by atoms with Gasteiger partial charge in [0.05, 0.1) is 0 Å². The molecule has 4 heterocycles. The highest BCUT2D eigenvalue weighted by atomic mass is 19.4. The highest BCUT2D eigenvalue weighted by molar-refractivity contribution is 5.86. The Balaban J connectivity index is 1.60. The number of nitrogens with two attached hydrogens (primary N) is 1. The molecule has 3 aromatic heterocycles. The maximum Gasteiger partial charge on any atom is 0.573 e. The van der Waals surface area contributed by atoms with Crippen molar-refractivity contribution in [2.24, 2.45) is 5.73 Å². The van der Waals surface area contributed by atoms with Crippen LogP contribution in [0.2, 0.25) is 0 Å². The average Bonchev–Trinajstić information content (AvgIpc) is 3.38. The molecule has 1 aromatic carbocycles. The van der Waals surface area contributed by atoms with Crippen LogP contribution in [0.15, 0.2) is 48.7 Å². The molecule has 13 heteroatoms. The first kappa shape index (κ1) is 23.3. The molecule has 1 aliphatic heterocycles. The van der Waals surface area contributed by atoms with Crippen LogP contribution in [0.4, 0.5) is 26.3 Å². The number of ether oxygens (including phenoxy) is 1. The third-order valence-electron chi connectivity index (χ3n) is 5.81. The summed E-state index contributed by atoms with van der Waals surface area (Å²) in [5.74, 6) is -0.432. The monoisotopic (exact) mass is 496 g/mol. The van der Waals surface area contributed by atoms with E-state index in [9.17, 15) is 26.3 Å². The van der Waals surface area contributed by atoms with Gasteiger partial charge in [-0.05, 0) is 30.2 Å². The molecule has 1 saturated heterocycles. The van der Waals surface area contributed by atoms with Gasteiger partial charge in [-0.25, -0.2) is 4.98 Å². The van der Waals surface area contributed by atoms with Crippen LogP contribution in [0.5, 0.6) is 5.75 Å². The van der Waals surface area contributed by atoms with Crippen LogP contribution in [0.1, 0.15) is 18.0 Å². The van der Waals surface area contributed by atoms with Crippen molar-refractivity contribution in [3.8, 4) is 17.3 Å². The predicted molar refractivity (Wildman–Crippen MR) is 113 cm³/mol. The van der Waals surface area contributed by atoms with Gasteiger partial charge in [-0.3, -0.25) is 9.30 Å². The number of hydrogen-bond acceptors (Lipinski definition) is 6. The Hall–Kier alpha value is -3.45. The second-order valence-electron chi connectivity index (χ2n) is 8.27. The van der Waals surface area contributed by atoms with Gasteiger partial charge in [-0.2, -0.15) is 13.2 Å². The first-order valence-electron chi connectivity index (χ1n) is 10.6. The molecule has 184 valence electrons. The first-order chi connectivity index (χ1) is 16.5. The zero-order chi connectivity index (χ0) is 25.0. The summed E-state index contributed by atoms with van der Waals surface area (Å²) in [6.07, 6.45) is -7.75. The molecule has 1 aliphatic rings. The number of rotatable bonds is 4. The molecule has 2 atom stereocenters. The molecule has 0 aliphatic carbocycles. The number of para-hydroxylation sites is 1. The molecular weight excluding hydrogens is 478 g/mol. The van der Waals surface area contributed by atoms with Crippen molar-refractivity contribution in [3.63, 3.8) is 0 Å². The average molecular weight is 496 g/mol. The predicted octanol–water partition coefficient (Wildman–Crippen LogP) is 4.48. The van der Waals surface area contributed by atoms with Gasteiger partial charge in [-0.1, -0.05) is 24.3 Å². The van der Waals surface area contributed by atoms with Crippen LogP contribution in [0.25, 0.3) is 28.1 Å². The van der Waals surface area contributed by atoms with Gasteiger partial charge in [0.1, 0.15) is 17.3 Å². The Labute approximate surface area is 194 Å². The summed E-state index contributed by atoms with van der Waals surface area (Å²) < 4.78 is 86.1. The molecule has 0 bridgehead atoms. The lowest BCUT2D eigenvalue weighted by atomic mass is 10.1. The third-order valence-corrected chi connectivity index (χ3v) is 5.81. The van der Waals surface area contributed by atoms with E-state index in [0.717, 1.165) is 6.07 Å². The van der Waals surface area contributed by atoms with Crippen LogP contribution < -0.4 is 10.5 Å². The van der Waals surface area contributed by atoms with E-state index in [4.69, 9.17) is 5.73 Å². The number of halogens is 6. The van der Waals surface area contributed by atoms with Crippen molar-refractivity contribution < 1.29 is 31.1 Å². The quantitative estimate of drug-likeness (QED) is 0.420. The molecule has 0 amide bonds. The summed E-state index contributed by atoms with van der Waals surface area (Å²) in [5, 5.41) is 8.38. The van der Waals surface area contributed by atoms with Crippen LogP contribution in [-0.4, -0.2) is 56.2 Å². The van der Waals surface area contributed by atoms with Gasteiger partial charge >= 0.3 is 12.5 Å². The van der Waals surface area contributed by atoms with E-state index in [1.54, 1.807) is 6.07 Å². The molecule has 35 heavy (non-hydrogen) atoms. The highest BCUT2D eigenvalue weighted by Crippen LogP contribution is 2.39. The van der Waals surface area contributed by atoms with Gasteiger partial charge in [0.2, 0.25) is 0 Å².